The summed E-state index contributed by atoms with van der Waals surface area (Å²) >= 11 is 3.76. The van der Waals surface area contributed by atoms with Gasteiger partial charge in [-0.3, -0.25) is 0 Å². The summed E-state index contributed by atoms with van der Waals surface area (Å²) in [4.78, 5) is 2.43. The van der Waals surface area contributed by atoms with Crippen molar-refractivity contribution in [2.45, 2.75) is 0 Å². The molecule has 0 aliphatic carbocycles. The van der Waals surface area contributed by atoms with Crippen LogP contribution in [0.3, 0.4) is 0 Å². The van der Waals surface area contributed by atoms with Crippen LogP contribution in [-0.2, 0) is 0 Å². The van der Waals surface area contributed by atoms with Crippen LogP contribution in [0.1, 0.15) is 0 Å². The Morgan fingerprint density at radius 1 is 0.314 bits per heavy atom. The first-order chi connectivity index (χ1) is 25.3. The highest BCUT2D eigenvalue weighted by molar-refractivity contribution is 7.27. The van der Waals surface area contributed by atoms with Gasteiger partial charge < -0.3 is 4.90 Å². The standard InChI is InChI=1S/C48H31NS2/c1-3-12-32(13-4-1)33-24-28-36(29-25-33)49(37-30-26-35(27-31-37)38-17-11-23-45-46(38)42-16-7-8-22-44(42)50-45)43-21-10-20-41-40-19-9-18-39(47(40)51-48(41)43)34-14-5-2-6-15-34/h1-31H. The van der Waals surface area contributed by atoms with E-state index in [1.807, 2.05) is 22.7 Å². The van der Waals surface area contributed by atoms with Crippen LogP contribution in [-0.4, -0.2) is 0 Å². The molecule has 3 heteroatoms. The number of fused-ring (bicyclic) bond motifs is 6. The lowest BCUT2D eigenvalue weighted by molar-refractivity contribution is 1.30. The molecule has 0 saturated heterocycles. The van der Waals surface area contributed by atoms with E-state index in [0.29, 0.717) is 0 Å². The number of hydrogen-bond donors (Lipinski definition) is 0. The van der Waals surface area contributed by atoms with Crippen LogP contribution in [0, 0.1) is 0 Å². The van der Waals surface area contributed by atoms with Gasteiger partial charge in [0, 0.05) is 47.0 Å². The molecule has 0 unspecified atom stereocenters. The van der Waals surface area contributed by atoms with E-state index in [1.54, 1.807) is 0 Å². The summed E-state index contributed by atoms with van der Waals surface area (Å²) in [7, 11) is 0. The number of rotatable bonds is 6. The summed E-state index contributed by atoms with van der Waals surface area (Å²) in [6.45, 7) is 0. The number of nitrogens with zero attached hydrogens (tertiary/aromatic N) is 1. The van der Waals surface area contributed by atoms with Gasteiger partial charge in [-0.25, -0.2) is 0 Å². The highest BCUT2D eigenvalue weighted by Crippen LogP contribution is 2.48. The number of benzene rings is 8. The fourth-order valence-electron chi connectivity index (χ4n) is 7.49. The van der Waals surface area contributed by atoms with Crippen LogP contribution >= 0.6 is 22.7 Å². The van der Waals surface area contributed by atoms with E-state index < -0.39 is 0 Å². The Bertz CT molecular complexity index is 2830. The number of thiophene rings is 2. The minimum atomic E-state index is 1.13. The van der Waals surface area contributed by atoms with Gasteiger partial charge in [0.1, 0.15) is 0 Å². The zero-order valence-electron chi connectivity index (χ0n) is 27.7. The smallest absolute Gasteiger partial charge is 0.0640 e. The second-order valence-corrected chi connectivity index (χ2v) is 15.0. The van der Waals surface area contributed by atoms with Crippen LogP contribution in [0.25, 0.3) is 73.7 Å². The minimum absolute atomic E-state index is 1.13. The topological polar surface area (TPSA) is 3.24 Å². The van der Waals surface area contributed by atoms with Gasteiger partial charge in [0.05, 0.1) is 10.4 Å². The second kappa shape index (κ2) is 12.4. The van der Waals surface area contributed by atoms with Gasteiger partial charge in [-0.05, 0) is 75.8 Å². The molecule has 10 aromatic rings. The Morgan fingerprint density at radius 3 is 1.57 bits per heavy atom. The first kappa shape index (κ1) is 29.9. The molecule has 0 fully saturated rings. The largest absolute Gasteiger partial charge is 0.309 e. The second-order valence-electron chi connectivity index (χ2n) is 12.9. The summed E-state index contributed by atoms with van der Waals surface area (Å²) in [6, 6.07) is 68.5. The first-order valence-corrected chi connectivity index (χ1v) is 18.9. The maximum atomic E-state index is 2.43. The zero-order chi connectivity index (χ0) is 33.7. The summed E-state index contributed by atoms with van der Waals surface area (Å²) < 4.78 is 5.25. The van der Waals surface area contributed by atoms with Crippen molar-refractivity contribution < 1.29 is 0 Å². The lowest BCUT2D eigenvalue weighted by Crippen LogP contribution is -2.10. The molecule has 1 nitrogen and oxygen atoms in total. The van der Waals surface area contributed by atoms with Gasteiger partial charge in [0.2, 0.25) is 0 Å². The van der Waals surface area contributed by atoms with Gasteiger partial charge in [-0.1, -0.05) is 146 Å². The fourth-order valence-corrected chi connectivity index (χ4v) is 9.96. The van der Waals surface area contributed by atoms with E-state index in [1.165, 1.54) is 79.4 Å². The minimum Gasteiger partial charge on any atom is -0.309 e. The van der Waals surface area contributed by atoms with E-state index in [2.05, 4.69) is 193 Å². The molecule has 0 spiro atoms. The van der Waals surface area contributed by atoms with E-state index in [4.69, 9.17) is 0 Å². The van der Waals surface area contributed by atoms with E-state index in [9.17, 15) is 0 Å². The van der Waals surface area contributed by atoms with E-state index in [0.717, 1.165) is 11.4 Å². The predicted octanol–water partition coefficient (Wildman–Crippen LogP) is 14.9. The highest BCUT2D eigenvalue weighted by atomic mass is 32.1. The van der Waals surface area contributed by atoms with Crippen molar-refractivity contribution in [2.75, 3.05) is 4.90 Å². The van der Waals surface area contributed by atoms with Crippen molar-refractivity contribution in [2.24, 2.45) is 0 Å². The molecular formula is C48H31NS2. The fraction of sp³-hybridized carbons (Fsp3) is 0. The molecule has 2 heterocycles. The third-order valence-corrected chi connectivity index (χ3v) is 12.3. The molecule has 8 aromatic carbocycles. The molecule has 51 heavy (non-hydrogen) atoms. The molecule has 240 valence electrons. The van der Waals surface area contributed by atoms with Crippen molar-refractivity contribution in [3.8, 4) is 33.4 Å². The Labute approximate surface area is 304 Å². The third kappa shape index (κ3) is 5.13. The van der Waals surface area contributed by atoms with Gasteiger partial charge in [-0.15, -0.1) is 22.7 Å². The lowest BCUT2D eigenvalue weighted by atomic mass is 9.99. The molecule has 2 aromatic heterocycles. The quantitative estimate of drug-likeness (QED) is 0.168. The highest BCUT2D eigenvalue weighted by Gasteiger charge is 2.20. The summed E-state index contributed by atoms with van der Waals surface area (Å²) in [5.74, 6) is 0. The Hall–Kier alpha value is -6.00. The Morgan fingerprint density at radius 2 is 0.824 bits per heavy atom. The molecule has 0 atom stereocenters. The summed E-state index contributed by atoms with van der Waals surface area (Å²) in [6.07, 6.45) is 0. The van der Waals surface area contributed by atoms with Crippen molar-refractivity contribution >= 4 is 80.1 Å². The Kier molecular flexibility index (Phi) is 7.26. The van der Waals surface area contributed by atoms with Gasteiger partial charge in [0.25, 0.3) is 0 Å². The first-order valence-electron chi connectivity index (χ1n) is 17.3. The van der Waals surface area contributed by atoms with Crippen molar-refractivity contribution in [3.63, 3.8) is 0 Å². The monoisotopic (exact) mass is 685 g/mol. The van der Waals surface area contributed by atoms with Crippen LogP contribution in [0.15, 0.2) is 188 Å². The van der Waals surface area contributed by atoms with Crippen LogP contribution in [0.5, 0.6) is 0 Å². The molecule has 0 bridgehead atoms. The van der Waals surface area contributed by atoms with Gasteiger partial charge in [-0.2, -0.15) is 0 Å². The maximum absolute atomic E-state index is 2.43. The normalized spacial score (nSPS) is 11.5. The molecule has 0 radical (unpaired) electrons. The van der Waals surface area contributed by atoms with Gasteiger partial charge >= 0.3 is 0 Å². The average molecular weight is 686 g/mol. The molecule has 0 saturated carbocycles. The molecule has 10 rings (SSSR count). The van der Waals surface area contributed by atoms with E-state index in [-0.39, 0.29) is 0 Å². The molecule has 0 aliphatic heterocycles. The number of anilines is 3. The van der Waals surface area contributed by atoms with Crippen molar-refractivity contribution in [3.05, 3.63) is 188 Å². The van der Waals surface area contributed by atoms with Crippen LogP contribution < -0.4 is 4.90 Å². The molecule has 0 aliphatic rings. The molecule has 0 N–H and O–H groups in total. The van der Waals surface area contributed by atoms with Crippen molar-refractivity contribution in [1.82, 2.24) is 0 Å². The van der Waals surface area contributed by atoms with Crippen LogP contribution in [0.4, 0.5) is 17.1 Å². The summed E-state index contributed by atoms with van der Waals surface area (Å²) in [5, 5.41) is 5.24. The van der Waals surface area contributed by atoms with Gasteiger partial charge in [0.15, 0.2) is 0 Å². The van der Waals surface area contributed by atoms with Crippen molar-refractivity contribution in [1.29, 1.82) is 0 Å². The molecule has 0 amide bonds. The molecular weight excluding hydrogens is 655 g/mol. The Balaban J connectivity index is 1.15. The number of hydrogen-bond acceptors (Lipinski definition) is 3. The SMILES string of the molecule is c1ccc(-c2ccc(N(c3ccc(-c4cccc5sc6ccccc6c45)cc3)c3cccc4c3sc3c(-c5ccccc5)cccc34)cc2)cc1. The average Bonchev–Trinajstić information content (AvgIpc) is 3.79. The third-order valence-electron chi connectivity index (χ3n) is 9.90. The summed E-state index contributed by atoms with van der Waals surface area (Å²) in [5.41, 5.74) is 10.9. The van der Waals surface area contributed by atoms with Crippen LogP contribution in [0.2, 0.25) is 0 Å². The van der Waals surface area contributed by atoms with E-state index >= 15 is 0 Å². The lowest BCUT2D eigenvalue weighted by Gasteiger charge is -2.26. The zero-order valence-corrected chi connectivity index (χ0v) is 29.3. The maximum Gasteiger partial charge on any atom is 0.0640 e. The predicted molar refractivity (Wildman–Crippen MR) is 223 cm³/mol.